The molecule has 23 heavy (non-hydrogen) atoms. The highest BCUT2D eigenvalue weighted by Crippen LogP contribution is 2.37. The zero-order valence-corrected chi connectivity index (χ0v) is 12.3. The van der Waals surface area contributed by atoms with E-state index >= 15 is 0 Å². The van der Waals surface area contributed by atoms with Gasteiger partial charge in [0.05, 0.1) is 0 Å². The molecule has 0 amide bonds. The van der Waals surface area contributed by atoms with Crippen molar-refractivity contribution < 1.29 is 50.9 Å². The fourth-order valence-electron chi connectivity index (χ4n) is 1.97. The highest BCUT2D eigenvalue weighted by Gasteiger charge is 2.60. The second kappa shape index (κ2) is 7.11. The molecule has 0 aromatic carbocycles. The summed E-state index contributed by atoms with van der Waals surface area (Å²) in [5, 5.41) is 0. The van der Waals surface area contributed by atoms with Gasteiger partial charge >= 0.3 is 24.1 Å². The van der Waals surface area contributed by atoms with Gasteiger partial charge in [0.2, 0.25) is 12.5 Å². The van der Waals surface area contributed by atoms with Gasteiger partial charge in [0, 0.05) is 20.8 Å². The molecule has 0 aliphatic carbocycles. The standard InChI is InChI=1S/C12H14F4O7/c1-4(17)20-8-7(13)11(22-6(3)19)23-10(12(14,15)16)9(8)21-5(2)18/h7-11H,1-3H3/t7-,8-,9-,10+,11+/m1/s1. The number of hydrogen-bond donors (Lipinski definition) is 0. The van der Waals surface area contributed by atoms with Gasteiger partial charge in [0.15, 0.2) is 18.3 Å². The molecule has 1 heterocycles. The van der Waals surface area contributed by atoms with Crippen molar-refractivity contribution in [3.8, 4) is 0 Å². The molecule has 0 bridgehead atoms. The van der Waals surface area contributed by atoms with E-state index < -0.39 is 54.9 Å². The van der Waals surface area contributed by atoms with Gasteiger partial charge in [-0.1, -0.05) is 0 Å². The minimum Gasteiger partial charge on any atom is -0.455 e. The van der Waals surface area contributed by atoms with Gasteiger partial charge in [-0.2, -0.15) is 13.2 Å². The molecule has 1 fully saturated rings. The molecule has 1 saturated heterocycles. The molecular weight excluding hydrogens is 332 g/mol. The summed E-state index contributed by atoms with van der Waals surface area (Å²) in [7, 11) is 0. The van der Waals surface area contributed by atoms with Gasteiger partial charge in [-0.15, -0.1) is 0 Å². The summed E-state index contributed by atoms with van der Waals surface area (Å²) in [5.74, 6) is -3.38. The molecule has 11 heteroatoms. The first kappa shape index (κ1) is 19.1. The molecule has 0 spiro atoms. The van der Waals surface area contributed by atoms with Crippen molar-refractivity contribution in [2.24, 2.45) is 0 Å². The smallest absolute Gasteiger partial charge is 0.418 e. The van der Waals surface area contributed by atoms with Crippen LogP contribution in [-0.4, -0.2) is 54.9 Å². The average Bonchev–Trinajstić information content (AvgIpc) is 2.34. The van der Waals surface area contributed by atoms with Crippen LogP contribution in [0.3, 0.4) is 0 Å². The summed E-state index contributed by atoms with van der Waals surface area (Å²) in [6, 6.07) is 0. The Morgan fingerprint density at radius 1 is 0.870 bits per heavy atom. The highest BCUT2D eigenvalue weighted by atomic mass is 19.4. The zero-order chi connectivity index (χ0) is 17.9. The molecule has 5 atom stereocenters. The number of halogens is 4. The lowest BCUT2D eigenvalue weighted by Gasteiger charge is -2.42. The van der Waals surface area contributed by atoms with Gasteiger partial charge < -0.3 is 18.9 Å². The number of esters is 3. The van der Waals surface area contributed by atoms with Crippen LogP contribution in [0.2, 0.25) is 0 Å². The SMILES string of the molecule is CC(=O)O[C@H]1O[C@H](C(F)(F)F)[C@H](OC(C)=O)[C@H](OC(C)=O)[C@H]1F. The van der Waals surface area contributed by atoms with Gasteiger partial charge in [-0.25, -0.2) is 4.39 Å². The molecule has 1 aliphatic rings. The first-order valence-electron chi connectivity index (χ1n) is 6.31. The van der Waals surface area contributed by atoms with Crippen LogP contribution in [0, 0.1) is 0 Å². The topological polar surface area (TPSA) is 88.1 Å². The third-order valence-corrected chi connectivity index (χ3v) is 2.69. The Labute approximate surface area is 127 Å². The first-order chi connectivity index (χ1) is 10.4. The van der Waals surface area contributed by atoms with Crippen molar-refractivity contribution >= 4 is 17.9 Å². The third-order valence-electron chi connectivity index (χ3n) is 2.69. The second-order valence-corrected chi connectivity index (χ2v) is 4.67. The van der Waals surface area contributed by atoms with Gasteiger partial charge in [-0.3, -0.25) is 14.4 Å². The lowest BCUT2D eigenvalue weighted by molar-refractivity contribution is -0.340. The molecule has 7 nitrogen and oxygen atoms in total. The number of carbonyl (C=O) groups is 3. The molecule has 0 saturated carbocycles. The van der Waals surface area contributed by atoms with Crippen LogP contribution < -0.4 is 0 Å². The second-order valence-electron chi connectivity index (χ2n) is 4.67. The van der Waals surface area contributed by atoms with Crippen LogP contribution in [0.5, 0.6) is 0 Å². The summed E-state index contributed by atoms with van der Waals surface area (Å²) in [6.45, 7) is 2.46. The molecule has 1 aliphatic heterocycles. The van der Waals surface area contributed by atoms with E-state index in [0.29, 0.717) is 0 Å². The first-order valence-corrected chi connectivity index (χ1v) is 6.31. The Hall–Kier alpha value is -1.91. The summed E-state index contributed by atoms with van der Waals surface area (Å²) < 4.78 is 71.1. The van der Waals surface area contributed by atoms with E-state index in [1.165, 1.54) is 0 Å². The molecule has 0 aromatic rings. The Morgan fingerprint density at radius 3 is 1.70 bits per heavy atom. The Kier molecular flexibility index (Phi) is 5.92. The average molecular weight is 346 g/mol. The lowest BCUT2D eigenvalue weighted by Crippen LogP contribution is -2.63. The Balaban J connectivity index is 3.21. The van der Waals surface area contributed by atoms with Crippen LogP contribution >= 0.6 is 0 Å². The van der Waals surface area contributed by atoms with Crippen LogP contribution in [0.4, 0.5) is 17.6 Å². The summed E-state index contributed by atoms with van der Waals surface area (Å²) in [6.07, 6.45) is -17.1. The maximum Gasteiger partial charge on any atom is 0.418 e. The van der Waals surface area contributed by atoms with Gasteiger partial charge in [0.25, 0.3) is 0 Å². The van der Waals surface area contributed by atoms with Crippen LogP contribution in [0.25, 0.3) is 0 Å². The predicted octanol–water partition coefficient (Wildman–Crippen LogP) is 1.04. The molecular formula is C12H14F4O7. The maximum atomic E-state index is 14.3. The zero-order valence-electron chi connectivity index (χ0n) is 12.3. The number of alkyl halides is 4. The molecule has 0 unspecified atom stereocenters. The normalized spacial score (nSPS) is 31.2. The Bertz CT molecular complexity index is 479. The molecule has 0 radical (unpaired) electrons. The molecule has 0 N–H and O–H groups in total. The number of carbonyl (C=O) groups excluding carboxylic acids is 3. The van der Waals surface area contributed by atoms with Crippen molar-refractivity contribution in [3.05, 3.63) is 0 Å². The monoisotopic (exact) mass is 346 g/mol. The predicted molar refractivity (Wildman–Crippen MR) is 62.5 cm³/mol. The van der Waals surface area contributed by atoms with E-state index in [1.807, 2.05) is 0 Å². The van der Waals surface area contributed by atoms with Crippen molar-refractivity contribution in [1.29, 1.82) is 0 Å². The molecule has 0 aromatic heterocycles. The van der Waals surface area contributed by atoms with E-state index in [9.17, 15) is 31.9 Å². The summed E-state index contributed by atoms with van der Waals surface area (Å²) in [5.41, 5.74) is 0. The molecule has 132 valence electrons. The van der Waals surface area contributed by atoms with Crippen LogP contribution in [-0.2, 0) is 33.3 Å². The van der Waals surface area contributed by atoms with E-state index in [2.05, 4.69) is 18.9 Å². The van der Waals surface area contributed by atoms with Crippen molar-refractivity contribution in [3.63, 3.8) is 0 Å². The third kappa shape index (κ3) is 5.05. The van der Waals surface area contributed by atoms with Crippen molar-refractivity contribution in [1.82, 2.24) is 0 Å². The minimum absolute atomic E-state index is 0.795. The van der Waals surface area contributed by atoms with Gasteiger partial charge in [-0.05, 0) is 0 Å². The quantitative estimate of drug-likeness (QED) is 0.429. The lowest BCUT2D eigenvalue weighted by atomic mass is 9.98. The number of ether oxygens (including phenoxy) is 4. The maximum absolute atomic E-state index is 14.3. The van der Waals surface area contributed by atoms with Crippen LogP contribution in [0.15, 0.2) is 0 Å². The van der Waals surface area contributed by atoms with Crippen LogP contribution in [0.1, 0.15) is 20.8 Å². The summed E-state index contributed by atoms with van der Waals surface area (Å²) >= 11 is 0. The molecule has 1 rings (SSSR count). The van der Waals surface area contributed by atoms with E-state index in [1.54, 1.807) is 0 Å². The van der Waals surface area contributed by atoms with Crippen molar-refractivity contribution in [2.45, 2.75) is 57.7 Å². The number of hydrogen-bond acceptors (Lipinski definition) is 7. The fraction of sp³-hybridized carbons (Fsp3) is 0.750. The van der Waals surface area contributed by atoms with Gasteiger partial charge in [0.1, 0.15) is 0 Å². The Morgan fingerprint density at radius 2 is 1.30 bits per heavy atom. The highest BCUT2D eigenvalue weighted by molar-refractivity contribution is 5.68. The van der Waals surface area contributed by atoms with E-state index in [4.69, 9.17) is 0 Å². The number of rotatable bonds is 3. The fourth-order valence-corrected chi connectivity index (χ4v) is 1.97. The van der Waals surface area contributed by atoms with Crippen molar-refractivity contribution in [2.75, 3.05) is 0 Å². The minimum atomic E-state index is -5.10. The largest absolute Gasteiger partial charge is 0.455 e. The van der Waals surface area contributed by atoms with E-state index in [0.717, 1.165) is 20.8 Å². The van der Waals surface area contributed by atoms with E-state index in [-0.39, 0.29) is 0 Å². The summed E-state index contributed by atoms with van der Waals surface area (Å²) in [4.78, 5) is 32.9.